The molecule has 13 rings (SSSR count). The average molecular weight is 833 g/mol. The van der Waals surface area contributed by atoms with Crippen LogP contribution in [0.15, 0.2) is 243 Å². The van der Waals surface area contributed by atoms with E-state index in [1.807, 2.05) is 11.3 Å². The fourth-order valence-electron chi connectivity index (χ4n) is 10.6. The molecule has 0 aliphatic heterocycles. The van der Waals surface area contributed by atoms with Crippen LogP contribution >= 0.6 is 11.3 Å². The van der Waals surface area contributed by atoms with E-state index >= 15 is 0 Å². The van der Waals surface area contributed by atoms with E-state index in [-0.39, 0.29) is 0 Å². The van der Waals surface area contributed by atoms with Crippen molar-refractivity contribution >= 4 is 71.1 Å². The second kappa shape index (κ2) is 14.6. The van der Waals surface area contributed by atoms with E-state index in [9.17, 15) is 0 Å². The Morgan fingerprint density at radius 2 is 0.969 bits per heavy atom. The molecule has 0 atom stereocenters. The normalized spacial score (nSPS) is 12.8. The summed E-state index contributed by atoms with van der Waals surface area (Å²) in [6, 6.07) is 89.4. The maximum Gasteiger partial charge on any atom is 0.0808 e. The third-order valence-electron chi connectivity index (χ3n) is 13.4. The van der Waals surface area contributed by atoms with Gasteiger partial charge in [-0.15, -0.1) is 11.3 Å². The molecule has 0 spiro atoms. The average Bonchev–Trinajstić information content (AvgIpc) is 4.01. The maximum atomic E-state index is 2.48. The van der Waals surface area contributed by atoms with Crippen molar-refractivity contribution in [3.8, 4) is 27.9 Å². The van der Waals surface area contributed by atoms with Crippen molar-refractivity contribution in [2.24, 2.45) is 0 Å². The summed E-state index contributed by atoms with van der Waals surface area (Å²) in [5.41, 5.74) is 15.3. The summed E-state index contributed by atoms with van der Waals surface area (Å²) in [7, 11) is 0. The molecule has 0 saturated heterocycles. The smallest absolute Gasteiger partial charge is 0.0808 e. The van der Waals surface area contributed by atoms with Gasteiger partial charge in [0.15, 0.2) is 0 Å². The molecule has 0 N–H and O–H groups in total. The van der Waals surface area contributed by atoms with Gasteiger partial charge in [-0.05, 0) is 117 Å². The van der Waals surface area contributed by atoms with Crippen LogP contribution < -0.4 is 4.90 Å². The molecule has 2 aromatic heterocycles. The van der Waals surface area contributed by atoms with Crippen LogP contribution in [0, 0.1) is 0 Å². The molecule has 0 radical (unpaired) electrons. The van der Waals surface area contributed by atoms with E-state index in [0.717, 1.165) is 17.1 Å². The molecule has 0 saturated carbocycles. The number of fused-ring (bicyclic) bond motifs is 9. The lowest BCUT2D eigenvalue weighted by Crippen LogP contribution is -2.28. The van der Waals surface area contributed by atoms with Crippen molar-refractivity contribution < 1.29 is 0 Å². The highest BCUT2D eigenvalue weighted by Gasteiger charge is 2.48. The Kier molecular flexibility index (Phi) is 8.34. The number of para-hydroxylation sites is 2. The van der Waals surface area contributed by atoms with Gasteiger partial charge in [0.25, 0.3) is 0 Å². The number of hydrogen-bond donors (Lipinski definition) is 0. The number of anilines is 3. The highest BCUT2D eigenvalue weighted by Crippen LogP contribution is 2.61. The molecule has 0 unspecified atom stereocenters. The maximum absolute atomic E-state index is 2.48. The number of hydrogen-bond acceptors (Lipinski definition) is 2. The molecule has 0 amide bonds. The second-order valence-electron chi connectivity index (χ2n) is 16.8. The molecular formula is C61H40N2S. The summed E-state index contributed by atoms with van der Waals surface area (Å²) < 4.78 is 3.69. The molecule has 0 fully saturated rings. The lowest BCUT2D eigenvalue weighted by molar-refractivity contribution is 0.785. The van der Waals surface area contributed by atoms with Crippen LogP contribution in [0.4, 0.5) is 17.1 Å². The van der Waals surface area contributed by atoms with Gasteiger partial charge in [-0.3, -0.25) is 0 Å². The summed E-state index contributed by atoms with van der Waals surface area (Å²) in [6.07, 6.45) is 0. The highest BCUT2D eigenvalue weighted by molar-refractivity contribution is 7.20. The molecule has 0 bridgehead atoms. The van der Waals surface area contributed by atoms with Gasteiger partial charge in [0.2, 0.25) is 0 Å². The van der Waals surface area contributed by atoms with Gasteiger partial charge in [0, 0.05) is 54.0 Å². The van der Waals surface area contributed by atoms with Crippen molar-refractivity contribution in [2.45, 2.75) is 5.41 Å². The summed E-state index contributed by atoms with van der Waals surface area (Å²) in [4.78, 5) is 3.82. The van der Waals surface area contributed by atoms with Crippen molar-refractivity contribution in [3.05, 3.63) is 264 Å². The molecule has 2 heterocycles. The van der Waals surface area contributed by atoms with Crippen molar-refractivity contribution in [1.29, 1.82) is 0 Å². The molecule has 2 nitrogen and oxygen atoms in total. The first kappa shape index (κ1) is 36.7. The van der Waals surface area contributed by atoms with Crippen molar-refractivity contribution in [3.63, 3.8) is 0 Å². The van der Waals surface area contributed by atoms with Crippen LogP contribution in [0.2, 0.25) is 0 Å². The molecule has 10 aromatic carbocycles. The van der Waals surface area contributed by atoms with Crippen LogP contribution in [-0.4, -0.2) is 4.57 Å². The summed E-state index contributed by atoms with van der Waals surface area (Å²) in [6.45, 7) is 0. The first-order valence-corrected chi connectivity index (χ1v) is 22.8. The minimum Gasteiger partial charge on any atom is -0.310 e. The van der Waals surface area contributed by atoms with Crippen LogP contribution in [0.1, 0.15) is 21.6 Å². The quantitative estimate of drug-likeness (QED) is 0.155. The molecule has 1 aliphatic carbocycles. The molecular weight excluding hydrogens is 793 g/mol. The largest absolute Gasteiger partial charge is 0.310 e. The second-order valence-corrected chi connectivity index (χ2v) is 17.9. The molecule has 300 valence electrons. The Labute approximate surface area is 376 Å². The summed E-state index contributed by atoms with van der Waals surface area (Å²) in [5.74, 6) is 0. The molecule has 1 aliphatic rings. The fraction of sp³-hybridized carbons (Fsp3) is 0.0164. The highest BCUT2D eigenvalue weighted by atomic mass is 32.1. The Morgan fingerprint density at radius 3 is 1.73 bits per heavy atom. The van der Waals surface area contributed by atoms with Gasteiger partial charge >= 0.3 is 0 Å². The zero-order chi connectivity index (χ0) is 42.2. The number of rotatable bonds is 7. The number of thiophene rings is 1. The molecule has 3 heteroatoms. The topological polar surface area (TPSA) is 8.17 Å². The Morgan fingerprint density at radius 1 is 0.391 bits per heavy atom. The van der Waals surface area contributed by atoms with E-state index in [0.29, 0.717) is 0 Å². The number of aromatic nitrogens is 1. The predicted molar refractivity (Wildman–Crippen MR) is 271 cm³/mol. The van der Waals surface area contributed by atoms with E-state index in [2.05, 4.69) is 252 Å². The minimum atomic E-state index is -0.506. The first-order valence-electron chi connectivity index (χ1n) is 22.0. The van der Waals surface area contributed by atoms with Gasteiger partial charge in [0.05, 0.1) is 16.4 Å². The Bertz CT molecular complexity index is 3680. The molecule has 64 heavy (non-hydrogen) atoms. The predicted octanol–water partition coefficient (Wildman–Crippen LogP) is 16.7. The lowest BCUT2D eigenvalue weighted by atomic mass is 9.70. The van der Waals surface area contributed by atoms with Crippen molar-refractivity contribution in [2.75, 3.05) is 4.90 Å². The van der Waals surface area contributed by atoms with Gasteiger partial charge in [-0.25, -0.2) is 0 Å². The Balaban J connectivity index is 0.997. The third kappa shape index (κ3) is 5.51. The van der Waals surface area contributed by atoms with E-state index in [4.69, 9.17) is 0 Å². The third-order valence-corrected chi connectivity index (χ3v) is 14.7. The minimum absolute atomic E-state index is 0.506. The van der Waals surface area contributed by atoms with Crippen LogP contribution in [0.25, 0.3) is 70.6 Å². The fourth-order valence-corrected chi connectivity index (χ4v) is 12.1. The standard InChI is InChI=1S/C61H40N2S/c1-4-18-45(19-5-1)61(46-20-6-2-7-21-46)55-40-50(35-36-52(55)59-53-25-13-15-27-58(53)64-60(59)61)62(49-34-30-41-16-10-11-17-43(41)38-49)48-32-28-42(29-33-48)44-31-37-57-54(39-44)51-24-12-14-26-56(51)63(57)47-22-8-3-9-23-47/h1-40H. The molecule has 12 aromatic rings. The van der Waals surface area contributed by atoms with Gasteiger partial charge < -0.3 is 9.47 Å². The SMILES string of the molecule is c1ccc(-n2c3ccccc3c3cc(-c4ccc(N(c5ccc6c(c5)C(c5ccccc5)(c5ccccc5)c5sc7ccccc7c5-6)c5ccc6ccccc6c5)cc4)ccc32)cc1. The van der Waals surface area contributed by atoms with E-state index in [1.165, 1.54) is 92.2 Å². The first-order chi connectivity index (χ1) is 31.7. The van der Waals surface area contributed by atoms with Crippen LogP contribution in [0.3, 0.4) is 0 Å². The zero-order valence-corrected chi connectivity index (χ0v) is 35.7. The monoisotopic (exact) mass is 832 g/mol. The van der Waals surface area contributed by atoms with E-state index < -0.39 is 5.41 Å². The number of benzene rings is 10. The van der Waals surface area contributed by atoms with E-state index in [1.54, 1.807) is 0 Å². The zero-order valence-electron chi connectivity index (χ0n) is 34.9. The summed E-state index contributed by atoms with van der Waals surface area (Å²) >= 11 is 1.93. The van der Waals surface area contributed by atoms with Gasteiger partial charge in [-0.1, -0.05) is 170 Å². The van der Waals surface area contributed by atoms with Gasteiger partial charge in [0.1, 0.15) is 0 Å². The lowest BCUT2D eigenvalue weighted by Gasteiger charge is -2.34. The Hall–Kier alpha value is -7.98. The van der Waals surface area contributed by atoms with Crippen LogP contribution in [-0.2, 0) is 5.41 Å². The van der Waals surface area contributed by atoms with Crippen molar-refractivity contribution in [1.82, 2.24) is 4.57 Å². The number of nitrogens with zero attached hydrogens (tertiary/aromatic N) is 2. The summed E-state index contributed by atoms with van der Waals surface area (Å²) in [5, 5.41) is 6.25. The van der Waals surface area contributed by atoms with Gasteiger partial charge in [-0.2, -0.15) is 0 Å². The van der Waals surface area contributed by atoms with Crippen LogP contribution in [0.5, 0.6) is 0 Å².